The Morgan fingerprint density at radius 1 is 0.964 bits per heavy atom. The standard InChI is InChI=1S/C23H26N4O/c1-23(2,3)21-20(16-10-6-4-7-11-16)18(19(28)14-26-22(24)25)15-27(21)17-12-8-5-9-13-17/h4-13,15H,14H2,1-3H3,(H4,24,25,26). The van der Waals surface area contributed by atoms with Gasteiger partial charge in [0.15, 0.2) is 11.7 Å². The summed E-state index contributed by atoms with van der Waals surface area (Å²) in [5, 5.41) is 0. The van der Waals surface area contributed by atoms with Gasteiger partial charge >= 0.3 is 0 Å². The largest absolute Gasteiger partial charge is 0.370 e. The first-order valence-corrected chi connectivity index (χ1v) is 9.24. The van der Waals surface area contributed by atoms with E-state index >= 15 is 0 Å². The third-order valence-electron chi connectivity index (χ3n) is 4.52. The van der Waals surface area contributed by atoms with Gasteiger partial charge in [0.05, 0.1) is 0 Å². The molecule has 5 heteroatoms. The van der Waals surface area contributed by atoms with E-state index < -0.39 is 0 Å². The second kappa shape index (κ2) is 7.72. The fourth-order valence-corrected chi connectivity index (χ4v) is 3.39. The number of aromatic nitrogens is 1. The fraction of sp³-hybridized carbons (Fsp3) is 0.217. The number of nitrogens with two attached hydrogens (primary N) is 2. The molecule has 5 nitrogen and oxygen atoms in total. The number of ketones is 1. The Kier molecular flexibility index (Phi) is 5.36. The molecule has 3 aromatic rings. The highest BCUT2D eigenvalue weighted by Crippen LogP contribution is 2.39. The van der Waals surface area contributed by atoms with Crippen molar-refractivity contribution >= 4 is 11.7 Å². The number of para-hydroxylation sites is 1. The highest BCUT2D eigenvalue weighted by Gasteiger charge is 2.29. The number of hydrogen-bond donors (Lipinski definition) is 2. The Balaban J connectivity index is 2.31. The van der Waals surface area contributed by atoms with E-state index in [4.69, 9.17) is 11.5 Å². The lowest BCUT2D eigenvalue weighted by molar-refractivity contribution is 0.100. The number of benzene rings is 2. The smallest absolute Gasteiger partial charge is 0.186 e. The molecule has 1 aromatic heterocycles. The predicted molar refractivity (Wildman–Crippen MR) is 115 cm³/mol. The second-order valence-electron chi connectivity index (χ2n) is 7.75. The number of nitrogens with zero attached hydrogens (tertiary/aromatic N) is 2. The van der Waals surface area contributed by atoms with Gasteiger partial charge in [-0.25, -0.2) is 4.99 Å². The Labute approximate surface area is 165 Å². The van der Waals surface area contributed by atoms with Crippen molar-refractivity contribution in [1.82, 2.24) is 4.57 Å². The number of rotatable bonds is 5. The summed E-state index contributed by atoms with van der Waals surface area (Å²) in [5.74, 6) is -0.208. The highest BCUT2D eigenvalue weighted by atomic mass is 16.1. The Morgan fingerprint density at radius 3 is 2.07 bits per heavy atom. The van der Waals surface area contributed by atoms with Crippen molar-refractivity contribution in [2.45, 2.75) is 26.2 Å². The molecule has 4 N–H and O–H groups in total. The molecule has 0 saturated heterocycles. The van der Waals surface area contributed by atoms with Gasteiger partial charge in [-0.3, -0.25) is 4.79 Å². The predicted octanol–water partition coefficient (Wildman–Crippen LogP) is 3.90. The normalized spacial score (nSPS) is 11.2. The quantitative estimate of drug-likeness (QED) is 0.403. The average molecular weight is 374 g/mol. The summed E-state index contributed by atoms with van der Waals surface area (Å²) in [4.78, 5) is 17.0. The minimum Gasteiger partial charge on any atom is -0.370 e. The zero-order valence-corrected chi connectivity index (χ0v) is 16.5. The van der Waals surface area contributed by atoms with Crippen molar-refractivity contribution in [1.29, 1.82) is 0 Å². The number of aliphatic imine (C=N–C) groups is 1. The molecule has 0 fully saturated rings. The minimum absolute atomic E-state index is 0.0788. The van der Waals surface area contributed by atoms with E-state index in [0.29, 0.717) is 5.56 Å². The summed E-state index contributed by atoms with van der Waals surface area (Å²) in [6.45, 7) is 6.38. The van der Waals surface area contributed by atoms with Gasteiger partial charge in [0, 0.05) is 34.1 Å². The molecular formula is C23H26N4O. The molecule has 0 radical (unpaired) electrons. The molecule has 0 bridgehead atoms. The summed E-state index contributed by atoms with van der Waals surface area (Å²) in [6.07, 6.45) is 1.91. The van der Waals surface area contributed by atoms with Crippen LogP contribution in [0, 0.1) is 0 Å². The third kappa shape index (κ3) is 3.98. The maximum Gasteiger partial charge on any atom is 0.186 e. The van der Waals surface area contributed by atoms with Crippen molar-refractivity contribution in [2.75, 3.05) is 6.54 Å². The molecule has 3 rings (SSSR count). The first kappa shape index (κ1) is 19.4. The van der Waals surface area contributed by atoms with E-state index in [2.05, 4.69) is 30.3 Å². The lowest BCUT2D eigenvalue weighted by Crippen LogP contribution is -2.24. The van der Waals surface area contributed by atoms with Gasteiger partial charge in [-0.05, 0) is 17.7 Å². The molecule has 144 valence electrons. The SMILES string of the molecule is CC(C)(C)c1c(-c2ccccc2)c(C(=O)CN=C(N)N)cn1-c1ccccc1. The van der Waals surface area contributed by atoms with Crippen LogP contribution in [-0.4, -0.2) is 22.9 Å². The van der Waals surface area contributed by atoms with E-state index in [1.165, 1.54) is 0 Å². The molecule has 2 aromatic carbocycles. The molecule has 0 atom stereocenters. The van der Waals surface area contributed by atoms with E-state index in [9.17, 15) is 4.79 Å². The molecule has 0 saturated carbocycles. The first-order chi connectivity index (χ1) is 13.3. The summed E-state index contributed by atoms with van der Waals surface area (Å²) >= 11 is 0. The van der Waals surface area contributed by atoms with Crippen molar-refractivity contribution in [3.8, 4) is 16.8 Å². The number of hydrogen-bond acceptors (Lipinski definition) is 2. The van der Waals surface area contributed by atoms with Crippen molar-refractivity contribution in [3.63, 3.8) is 0 Å². The van der Waals surface area contributed by atoms with Crippen LogP contribution in [0.3, 0.4) is 0 Å². The molecule has 0 amide bonds. The first-order valence-electron chi connectivity index (χ1n) is 9.24. The van der Waals surface area contributed by atoms with Gasteiger partial charge in [-0.2, -0.15) is 0 Å². The summed E-state index contributed by atoms with van der Waals surface area (Å²) < 4.78 is 2.10. The molecule has 28 heavy (non-hydrogen) atoms. The van der Waals surface area contributed by atoms with Gasteiger partial charge in [0.2, 0.25) is 0 Å². The zero-order chi connectivity index (χ0) is 20.3. The number of Topliss-reactive ketones (excluding diaryl/α,β-unsaturated/α-hetero) is 1. The van der Waals surface area contributed by atoms with Crippen molar-refractivity contribution < 1.29 is 4.79 Å². The van der Waals surface area contributed by atoms with E-state index in [0.717, 1.165) is 22.5 Å². The van der Waals surface area contributed by atoms with Crippen LogP contribution in [0.25, 0.3) is 16.8 Å². The lowest BCUT2D eigenvalue weighted by atomic mass is 9.85. The van der Waals surface area contributed by atoms with Gasteiger partial charge in [0.25, 0.3) is 0 Å². The molecule has 0 spiro atoms. The van der Waals surface area contributed by atoms with Crippen LogP contribution in [0.5, 0.6) is 0 Å². The van der Waals surface area contributed by atoms with E-state index in [1.807, 2.05) is 66.9 Å². The maximum absolute atomic E-state index is 13.0. The van der Waals surface area contributed by atoms with Crippen LogP contribution < -0.4 is 11.5 Å². The highest BCUT2D eigenvalue weighted by molar-refractivity contribution is 6.05. The van der Waals surface area contributed by atoms with Gasteiger partial charge in [-0.15, -0.1) is 0 Å². The third-order valence-corrected chi connectivity index (χ3v) is 4.52. The average Bonchev–Trinajstić information content (AvgIpc) is 3.08. The molecule has 1 heterocycles. The van der Waals surface area contributed by atoms with Crippen LogP contribution in [-0.2, 0) is 5.41 Å². The summed E-state index contributed by atoms with van der Waals surface area (Å²) in [6, 6.07) is 20.0. The monoisotopic (exact) mass is 374 g/mol. The molecule has 0 aliphatic rings. The zero-order valence-electron chi connectivity index (χ0n) is 16.5. The van der Waals surface area contributed by atoms with Crippen LogP contribution in [0.2, 0.25) is 0 Å². The van der Waals surface area contributed by atoms with Crippen molar-refractivity contribution in [2.24, 2.45) is 16.5 Å². The molecule has 0 aliphatic heterocycles. The lowest BCUT2D eigenvalue weighted by Gasteiger charge is -2.24. The van der Waals surface area contributed by atoms with Gasteiger partial charge in [-0.1, -0.05) is 69.3 Å². The molecular weight excluding hydrogens is 348 g/mol. The maximum atomic E-state index is 13.0. The van der Waals surface area contributed by atoms with Gasteiger partial charge in [0.1, 0.15) is 6.54 Å². The number of carbonyl (C=O) groups excluding carboxylic acids is 1. The van der Waals surface area contributed by atoms with Crippen molar-refractivity contribution in [3.05, 3.63) is 78.1 Å². The number of guanidine groups is 1. The molecule has 0 unspecified atom stereocenters. The molecule has 0 aliphatic carbocycles. The summed E-state index contributed by atoms with van der Waals surface area (Å²) in [5.41, 5.74) is 15.3. The Morgan fingerprint density at radius 2 is 1.54 bits per heavy atom. The Hall–Kier alpha value is -3.34. The van der Waals surface area contributed by atoms with Crippen LogP contribution in [0.15, 0.2) is 71.9 Å². The van der Waals surface area contributed by atoms with Crippen LogP contribution in [0.4, 0.5) is 0 Å². The number of carbonyl (C=O) groups is 1. The van der Waals surface area contributed by atoms with Crippen LogP contribution in [0.1, 0.15) is 36.8 Å². The second-order valence-corrected chi connectivity index (χ2v) is 7.75. The Bertz CT molecular complexity index is 992. The van der Waals surface area contributed by atoms with Gasteiger partial charge < -0.3 is 16.0 Å². The fourth-order valence-electron chi connectivity index (χ4n) is 3.39. The van der Waals surface area contributed by atoms with Crippen LogP contribution >= 0.6 is 0 Å². The van der Waals surface area contributed by atoms with E-state index in [-0.39, 0.29) is 23.7 Å². The summed E-state index contributed by atoms with van der Waals surface area (Å²) in [7, 11) is 0. The van der Waals surface area contributed by atoms with E-state index in [1.54, 1.807) is 0 Å². The minimum atomic E-state index is -0.199. The topological polar surface area (TPSA) is 86.4 Å².